The summed E-state index contributed by atoms with van der Waals surface area (Å²) in [5.74, 6) is 0.187. The van der Waals surface area contributed by atoms with E-state index in [0.717, 1.165) is 41.9 Å². The standard InChI is InChI=1S/C23H30N2O2S2/c1-4-15(3)16-11-9-10-13-18(16)24-23(28)25-21-20(22(26)27-5-2)17-12-7-6-8-14-19(17)29-21/h9-11,13,15H,4-8,12,14H2,1-3H3,(H2,24,25,28). The zero-order chi connectivity index (χ0) is 20.8. The fourth-order valence-corrected chi connectivity index (χ4v) is 5.33. The first-order valence-corrected chi connectivity index (χ1v) is 11.8. The van der Waals surface area contributed by atoms with Gasteiger partial charge in [-0.15, -0.1) is 11.3 Å². The molecule has 1 aliphatic rings. The number of thiophene rings is 1. The van der Waals surface area contributed by atoms with Gasteiger partial charge >= 0.3 is 5.97 Å². The van der Waals surface area contributed by atoms with E-state index in [-0.39, 0.29) is 5.97 Å². The summed E-state index contributed by atoms with van der Waals surface area (Å²) in [6, 6.07) is 8.24. The Balaban J connectivity index is 1.85. The van der Waals surface area contributed by atoms with E-state index in [1.165, 1.54) is 23.3 Å². The average Bonchev–Trinajstić information content (AvgIpc) is 2.88. The summed E-state index contributed by atoms with van der Waals surface area (Å²) in [6.45, 7) is 6.61. The van der Waals surface area contributed by atoms with Crippen molar-refractivity contribution in [3.63, 3.8) is 0 Å². The number of benzene rings is 1. The number of esters is 1. The van der Waals surface area contributed by atoms with E-state index in [2.05, 4.69) is 36.6 Å². The largest absolute Gasteiger partial charge is 0.462 e. The van der Waals surface area contributed by atoms with Crippen LogP contribution in [0.15, 0.2) is 24.3 Å². The highest BCUT2D eigenvalue weighted by atomic mass is 32.1. The van der Waals surface area contributed by atoms with Crippen molar-refractivity contribution in [3.8, 4) is 0 Å². The van der Waals surface area contributed by atoms with Crippen molar-refractivity contribution in [3.05, 3.63) is 45.8 Å². The fourth-order valence-electron chi connectivity index (χ4n) is 3.77. The Kier molecular flexibility index (Phi) is 7.67. The molecule has 0 saturated heterocycles. The molecule has 1 heterocycles. The van der Waals surface area contributed by atoms with Gasteiger partial charge < -0.3 is 15.4 Å². The molecule has 0 bridgehead atoms. The Bertz CT molecular complexity index is 876. The average molecular weight is 431 g/mol. The van der Waals surface area contributed by atoms with Gasteiger partial charge in [0.1, 0.15) is 5.00 Å². The SMILES string of the molecule is CCOC(=O)c1c(NC(=S)Nc2ccccc2C(C)CC)sc2c1CCCCC2. The lowest BCUT2D eigenvalue weighted by Crippen LogP contribution is -2.21. The van der Waals surface area contributed by atoms with E-state index in [0.29, 0.717) is 23.2 Å². The van der Waals surface area contributed by atoms with Crippen LogP contribution in [-0.2, 0) is 17.6 Å². The molecule has 1 unspecified atom stereocenters. The number of rotatable bonds is 6. The number of anilines is 2. The molecule has 29 heavy (non-hydrogen) atoms. The first kappa shape index (κ1) is 21.8. The van der Waals surface area contributed by atoms with Crippen LogP contribution >= 0.6 is 23.6 Å². The molecule has 0 fully saturated rings. The van der Waals surface area contributed by atoms with Crippen molar-refractivity contribution in [1.82, 2.24) is 0 Å². The van der Waals surface area contributed by atoms with Crippen LogP contribution in [0.5, 0.6) is 0 Å². The van der Waals surface area contributed by atoms with Crippen molar-refractivity contribution in [2.45, 2.75) is 65.2 Å². The summed E-state index contributed by atoms with van der Waals surface area (Å²) in [7, 11) is 0. The van der Waals surface area contributed by atoms with Gasteiger partial charge in [0.2, 0.25) is 0 Å². The molecule has 3 rings (SSSR count). The van der Waals surface area contributed by atoms with E-state index >= 15 is 0 Å². The highest BCUT2D eigenvalue weighted by molar-refractivity contribution is 7.80. The summed E-state index contributed by atoms with van der Waals surface area (Å²) in [5.41, 5.74) is 4.08. The van der Waals surface area contributed by atoms with Gasteiger partial charge in [0.05, 0.1) is 12.2 Å². The second-order valence-electron chi connectivity index (χ2n) is 7.46. The van der Waals surface area contributed by atoms with Crippen LogP contribution in [0.1, 0.15) is 78.7 Å². The summed E-state index contributed by atoms with van der Waals surface area (Å²) >= 11 is 7.25. The number of nitrogens with one attached hydrogen (secondary N) is 2. The van der Waals surface area contributed by atoms with Gasteiger partial charge in [-0.3, -0.25) is 0 Å². The van der Waals surface area contributed by atoms with E-state index in [4.69, 9.17) is 17.0 Å². The maximum absolute atomic E-state index is 12.7. The minimum Gasteiger partial charge on any atom is -0.462 e. The monoisotopic (exact) mass is 430 g/mol. The summed E-state index contributed by atoms with van der Waals surface area (Å²) < 4.78 is 5.36. The number of hydrogen-bond acceptors (Lipinski definition) is 4. The molecule has 0 amide bonds. The second-order valence-corrected chi connectivity index (χ2v) is 8.98. The predicted octanol–water partition coefficient (Wildman–Crippen LogP) is 6.52. The third-order valence-electron chi connectivity index (χ3n) is 5.48. The molecular formula is C23H30N2O2S2. The van der Waals surface area contributed by atoms with Crippen molar-refractivity contribution >= 4 is 45.3 Å². The molecule has 0 saturated carbocycles. The van der Waals surface area contributed by atoms with Crippen molar-refractivity contribution in [1.29, 1.82) is 0 Å². The summed E-state index contributed by atoms with van der Waals surface area (Å²) in [5, 5.41) is 7.94. The van der Waals surface area contributed by atoms with Crippen molar-refractivity contribution in [2.24, 2.45) is 0 Å². The normalized spacial score (nSPS) is 14.4. The van der Waals surface area contributed by atoms with Crippen LogP contribution in [-0.4, -0.2) is 17.7 Å². The first-order valence-electron chi connectivity index (χ1n) is 10.5. The van der Waals surface area contributed by atoms with E-state index in [1.54, 1.807) is 11.3 Å². The quantitative estimate of drug-likeness (QED) is 0.310. The highest BCUT2D eigenvalue weighted by Gasteiger charge is 2.26. The first-order chi connectivity index (χ1) is 14.0. The van der Waals surface area contributed by atoms with Gasteiger partial charge in [0.25, 0.3) is 0 Å². The van der Waals surface area contributed by atoms with Crippen LogP contribution in [0.25, 0.3) is 0 Å². The van der Waals surface area contributed by atoms with Crippen molar-refractivity contribution < 1.29 is 9.53 Å². The Labute approximate surface area is 183 Å². The van der Waals surface area contributed by atoms with Crippen LogP contribution < -0.4 is 10.6 Å². The lowest BCUT2D eigenvalue weighted by atomic mass is 9.97. The van der Waals surface area contributed by atoms with E-state index < -0.39 is 0 Å². The molecule has 1 aromatic heterocycles. The Morgan fingerprint density at radius 3 is 2.69 bits per heavy atom. The number of aryl methyl sites for hydroxylation is 1. The number of thiocarbonyl (C=S) groups is 1. The molecule has 0 radical (unpaired) electrons. The smallest absolute Gasteiger partial charge is 0.341 e. The molecule has 1 aliphatic carbocycles. The lowest BCUT2D eigenvalue weighted by molar-refractivity contribution is 0.0527. The number of hydrogen-bond donors (Lipinski definition) is 2. The minimum atomic E-state index is -0.253. The number of carbonyl (C=O) groups excluding carboxylic acids is 1. The Hall–Kier alpha value is -1.92. The van der Waals surface area contributed by atoms with Crippen LogP contribution in [0.3, 0.4) is 0 Å². The van der Waals surface area contributed by atoms with Crippen LogP contribution in [0.2, 0.25) is 0 Å². The highest BCUT2D eigenvalue weighted by Crippen LogP contribution is 2.38. The van der Waals surface area contributed by atoms with Gasteiger partial charge in [-0.1, -0.05) is 38.5 Å². The summed E-state index contributed by atoms with van der Waals surface area (Å²) in [6.07, 6.45) is 6.49. The maximum Gasteiger partial charge on any atom is 0.341 e. The number of carbonyl (C=O) groups is 1. The Morgan fingerprint density at radius 2 is 1.93 bits per heavy atom. The van der Waals surface area contributed by atoms with Gasteiger partial charge in [0, 0.05) is 10.6 Å². The van der Waals surface area contributed by atoms with Crippen LogP contribution in [0, 0.1) is 0 Å². The lowest BCUT2D eigenvalue weighted by Gasteiger charge is -2.17. The predicted molar refractivity (Wildman–Crippen MR) is 127 cm³/mol. The minimum absolute atomic E-state index is 0.253. The molecule has 2 aromatic rings. The van der Waals surface area contributed by atoms with Gasteiger partial charge in [-0.25, -0.2) is 4.79 Å². The molecule has 6 heteroatoms. The zero-order valence-corrected chi connectivity index (χ0v) is 19.1. The van der Waals surface area contributed by atoms with Crippen molar-refractivity contribution in [2.75, 3.05) is 17.2 Å². The number of fused-ring (bicyclic) bond motifs is 1. The number of ether oxygens (including phenoxy) is 1. The zero-order valence-electron chi connectivity index (χ0n) is 17.5. The molecule has 0 aliphatic heterocycles. The second kappa shape index (κ2) is 10.2. The van der Waals surface area contributed by atoms with Crippen LogP contribution in [0.4, 0.5) is 10.7 Å². The van der Waals surface area contributed by atoms with E-state index in [1.807, 2.05) is 19.1 Å². The fraction of sp³-hybridized carbons (Fsp3) is 0.478. The molecule has 2 N–H and O–H groups in total. The van der Waals surface area contributed by atoms with E-state index in [9.17, 15) is 4.79 Å². The maximum atomic E-state index is 12.7. The van der Waals surface area contributed by atoms with Gasteiger partial charge in [-0.2, -0.15) is 0 Å². The molecule has 4 nitrogen and oxygen atoms in total. The topological polar surface area (TPSA) is 50.4 Å². The molecular weight excluding hydrogens is 400 g/mol. The Morgan fingerprint density at radius 1 is 1.17 bits per heavy atom. The third kappa shape index (κ3) is 5.17. The molecule has 1 aromatic carbocycles. The third-order valence-corrected chi connectivity index (χ3v) is 6.89. The number of para-hydroxylation sites is 1. The van der Waals surface area contributed by atoms with Gasteiger partial charge in [0.15, 0.2) is 5.11 Å². The summed E-state index contributed by atoms with van der Waals surface area (Å²) in [4.78, 5) is 14.0. The molecule has 1 atom stereocenters. The molecule has 156 valence electrons. The molecule has 0 spiro atoms. The van der Waals surface area contributed by atoms with Gasteiger partial charge in [-0.05, 0) is 74.4 Å².